The maximum absolute atomic E-state index is 13.4. The standard InChI is InChI=1S/C9H10BrFN2O/c1-13(2)9(14)6-3-5(12)4-7(10)8(6)11/h3-4H,12H2,1-2H3. The van der Waals surface area contributed by atoms with Crippen LogP contribution >= 0.6 is 15.9 Å². The normalized spacial score (nSPS) is 10.0. The molecule has 1 aromatic rings. The molecule has 0 heterocycles. The van der Waals surface area contributed by atoms with Crippen molar-refractivity contribution in [1.82, 2.24) is 4.90 Å². The SMILES string of the molecule is CN(C)C(=O)c1cc(N)cc(Br)c1F. The largest absolute Gasteiger partial charge is 0.399 e. The highest BCUT2D eigenvalue weighted by molar-refractivity contribution is 9.10. The highest BCUT2D eigenvalue weighted by atomic mass is 79.9. The Bertz CT molecular complexity index is 379. The summed E-state index contributed by atoms with van der Waals surface area (Å²) in [6.07, 6.45) is 0. The van der Waals surface area contributed by atoms with Crippen molar-refractivity contribution >= 4 is 27.5 Å². The molecule has 0 radical (unpaired) electrons. The van der Waals surface area contributed by atoms with Crippen molar-refractivity contribution in [2.75, 3.05) is 19.8 Å². The first-order valence-electron chi connectivity index (χ1n) is 3.89. The van der Waals surface area contributed by atoms with Crippen LogP contribution in [0.5, 0.6) is 0 Å². The monoisotopic (exact) mass is 260 g/mol. The molecule has 0 saturated heterocycles. The molecular weight excluding hydrogens is 251 g/mol. The van der Waals surface area contributed by atoms with Gasteiger partial charge >= 0.3 is 0 Å². The van der Waals surface area contributed by atoms with Gasteiger partial charge in [-0.05, 0) is 28.1 Å². The molecule has 0 aliphatic heterocycles. The van der Waals surface area contributed by atoms with Gasteiger partial charge < -0.3 is 10.6 Å². The predicted octanol–water partition coefficient (Wildman–Crippen LogP) is 1.87. The molecule has 0 unspecified atom stereocenters. The number of anilines is 1. The maximum Gasteiger partial charge on any atom is 0.256 e. The molecule has 0 spiro atoms. The predicted molar refractivity (Wildman–Crippen MR) is 56.5 cm³/mol. The van der Waals surface area contributed by atoms with Crippen molar-refractivity contribution in [3.05, 3.63) is 28.0 Å². The van der Waals surface area contributed by atoms with Gasteiger partial charge in [-0.15, -0.1) is 0 Å². The van der Waals surface area contributed by atoms with Crippen molar-refractivity contribution < 1.29 is 9.18 Å². The molecule has 0 aliphatic carbocycles. The summed E-state index contributed by atoms with van der Waals surface area (Å²) >= 11 is 2.99. The number of nitrogens with two attached hydrogens (primary N) is 1. The van der Waals surface area contributed by atoms with E-state index < -0.39 is 11.7 Å². The zero-order valence-corrected chi connectivity index (χ0v) is 9.43. The number of hydrogen-bond acceptors (Lipinski definition) is 2. The van der Waals surface area contributed by atoms with Crippen molar-refractivity contribution in [2.24, 2.45) is 0 Å². The fourth-order valence-electron chi connectivity index (χ4n) is 1.01. The van der Waals surface area contributed by atoms with Crippen LogP contribution in [-0.4, -0.2) is 24.9 Å². The third kappa shape index (κ3) is 2.04. The zero-order valence-electron chi connectivity index (χ0n) is 7.84. The summed E-state index contributed by atoms with van der Waals surface area (Å²) in [5.74, 6) is -0.992. The van der Waals surface area contributed by atoms with E-state index in [-0.39, 0.29) is 10.0 Å². The number of hydrogen-bond donors (Lipinski definition) is 1. The molecular formula is C9H10BrFN2O. The van der Waals surface area contributed by atoms with E-state index in [1.54, 1.807) is 14.1 Å². The molecule has 1 amide bonds. The summed E-state index contributed by atoms with van der Waals surface area (Å²) in [6, 6.07) is 2.74. The molecule has 14 heavy (non-hydrogen) atoms. The lowest BCUT2D eigenvalue weighted by atomic mass is 10.1. The second-order valence-corrected chi connectivity index (χ2v) is 3.92. The summed E-state index contributed by atoms with van der Waals surface area (Å²) in [6.45, 7) is 0. The van der Waals surface area contributed by atoms with Gasteiger partial charge in [-0.25, -0.2) is 4.39 Å². The van der Waals surface area contributed by atoms with Crippen LogP contribution < -0.4 is 5.73 Å². The van der Waals surface area contributed by atoms with Crippen LogP contribution in [0.1, 0.15) is 10.4 Å². The number of halogens is 2. The first kappa shape index (κ1) is 11.0. The van der Waals surface area contributed by atoms with Crippen molar-refractivity contribution in [3.8, 4) is 0 Å². The van der Waals surface area contributed by atoms with Gasteiger partial charge in [0.15, 0.2) is 0 Å². The number of benzene rings is 1. The molecule has 1 rings (SSSR count). The highest BCUT2D eigenvalue weighted by Gasteiger charge is 2.16. The highest BCUT2D eigenvalue weighted by Crippen LogP contribution is 2.23. The Morgan fingerprint density at radius 3 is 2.57 bits per heavy atom. The maximum atomic E-state index is 13.4. The Kier molecular flexibility index (Phi) is 3.10. The summed E-state index contributed by atoms with van der Waals surface area (Å²) in [7, 11) is 3.11. The zero-order chi connectivity index (χ0) is 10.9. The lowest BCUT2D eigenvalue weighted by molar-refractivity contribution is 0.0823. The van der Waals surface area contributed by atoms with E-state index in [4.69, 9.17) is 5.73 Å². The first-order valence-corrected chi connectivity index (χ1v) is 4.69. The van der Waals surface area contributed by atoms with Crippen LogP contribution in [0.4, 0.5) is 10.1 Å². The van der Waals surface area contributed by atoms with E-state index in [0.717, 1.165) is 0 Å². The van der Waals surface area contributed by atoms with Gasteiger partial charge in [0.2, 0.25) is 0 Å². The smallest absolute Gasteiger partial charge is 0.256 e. The lowest BCUT2D eigenvalue weighted by Gasteiger charge is -2.12. The summed E-state index contributed by atoms with van der Waals surface area (Å²) in [5, 5.41) is 0. The van der Waals surface area contributed by atoms with E-state index in [2.05, 4.69) is 15.9 Å². The molecule has 5 heteroatoms. The number of nitrogen functional groups attached to an aromatic ring is 1. The molecule has 0 atom stereocenters. The average Bonchev–Trinajstić information content (AvgIpc) is 2.09. The van der Waals surface area contributed by atoms with Crippen LogP contribution in [0.25, 0.3) is 0 Å². The third-order valence-corrected chi connectivity index (χ3v) is 2.26. The number of carbonyl (C=O) groups excluding carboxylic acids is 1. The summed E-state index contributed by atoms with van der Waals surface area (Å²) < 4.78 is 13.6. The van der Waals surface area contributed by atoms with Crippen LogP contribution in [0.15, 0.2) is 16.6 Å². The number of amides is 1. The van der Waals surface area contributed by atoms with Gasteiger partial charge in [0.05, 0.1) is 10.0 Å². The molecule has 0 aliphatic rings. The molecule has 3 nitrogen and oxygen atoms in total. The minimum Gasteiger partial charge on any atom is -0.399 e. The Hall–Kier alpha value is -1.10. The van der Waals surface area contributed by atoms with Gasteiger partial charge in [0.25, 0.3) is 5.91 Å². The Labute approximate surface area is 89.8 Å². The van der Waals surface area contributed by atoms with E-state index in [1.165, 1.54) is 17.0 Å². The van der Waals surface area contributed by atoms with Crippen molar-refractivity contribution in [1.29, 1.82) is 0 Å². The van der Waals surface area contributed by atoms with Crippen molar-refractivity contribution in [2.45, 2.75) is 0 Å². The fourth-order valence-corrected chi connectivity index (χ4v) is 1.48. The first-order chi connectivity index (χ1) is 6.43. The van der Waals surface area contributed by atoms with E-state index >= 15 is 0 Å². The summed E-state index contributed by atoms with van der Waals surface area (Å²) in [5.41, 5.74) is 5.82. The van der Waals surface area contributed by atoms with Gasteiger partial charge in [0.1, 0.15) is 5.82 Å². The molecule has 0 saturated carbocycles. The quantitative estimate of drug-likeness (QED) is 0.784. The van der Waals surface area contributed by atoms with E-state index in [0.29, 0.717) is 5.69 Å². The molecule has 2 N–H and O–H groups in total. The molecule has 0 aromatic heterocycles. The average molecular weight is 261 g/mol. The van der Waals surface area contributed by atoms with Crippen LogP contribution in [0, 0.1) is 5.82 Å². The minimum atomic E-state index is -0.585. The molecule has 76 valence electrons. The lowest BCUT2D eigenvalue weighted by Crippen LogP contribution is -2.23. The Morgan fingerprint density at radius 2 is 2.07 bits per heavy atom. The topological polar surface area (TPSA) is 46.3 Å². The number of nitrogens with zero attached hydrogens (tertiary/aromatic N) is 1. The van der Waals surface area contributed by atoms with E-state index in [1.807, 2.05) is 0 Å². The summed E-state index contributed by atoms with van der Waals surface area (Å²) in [4.78, 5) is 12.8. The second kappa shape index (κ2) is 3.96. The molecule has 1 aromatic carbocycles. The van der Waals surface area contributed by atoms with Gasteiger partial charge in [-0.2, -0.15) is 0 Å². The van der Waals surface area contributed by atoms with E-state index in [9.17, 15) is 9.18 Å². The van der Waals surface area contributed by atoms with Crippen molar-refractivity contribution in [3.63, 3.8) is 0 Å². The Morgan fingerprint density at radius 1 is 1.50 bits per heavy atom. The fraction of sp³-hybridized carbons (Fsp3) is 0.222. The van der Waals surface area contributed by atoms with Crippen LogP contribution in [0.2, 0.25) is 0 Å². The molecule has 0 fully saturated rings. The number of rotatable bonds is 1. The molecule has 0 bridgehead atoms. The van der Waals surface area contributed by atoms with Crippen LogP contribution in [-0.2, 0) is 0 Å². The minimum absolute atomic E-state index is 0.0260. The van der Waals surface area contributed by atoms with Gasteiger partial charge in [-0.3, -0.25) is 4.79 Å². The van der Waals surface area contributed by atoms with Crippen LogP contribution in [0.3, 0.4) is 0 Å². The third-order valence-electron chi connectivity index (χ3n) is 1.69. The Balaban J connectivity index is 3.27. The second-order valence-electron chi connectivity index (χ2n) is 3.06. The van der Waals surface area contributed by atoms with Gasteiger partial charge in [0, 0.05) is 19.8 Å². The number of carbonyl (C=O) groups is 1. The van der Waals surface area contributed by atoms with Gasteiger partial charge in [-0.1, -0.05) is 0 Å².